The minimum atomic E-state index is 0.790. The van der Waals surface area contributed by atoms with Crippen molar-refractivity contribution in [2.75, 3.05) is 0 Å². The third kappa shape index (κ3) is 2.02. The molecule has 8 fully saturated rings. The van der Waals surface area contributed by atoms with E-state index in [0.717, 1.165) is 59.2 Å². The van der Waals surface area contributed by atoms with Crippen molar-refractivity contribution < 1.29 is 0 Å². The summed E-state index contributed by atoms with van der Waals surface area (Å²) < 4.78 is 2.48. The van der Waals surface area contributed by atoms with Crippen LogP contribution in [0.15, 0.2) is 6.20 Å². The molecule has 0 aliphatic heterocycles. The van der Waals surface area contributed by atoms with Crippen molar-refractivity contribution in [1.82, 2.24) is 9.55 Å². The average molecular weight is 351 g/mol. The third-order valence-electron chi connectivity index (χ3n) is 10.0. The molecule has 0 radical (unpaired) electrons. The summed E-state index contributed by atoms with van der Waals surface area (Å²) in [5, 5.41) is 0. The molecule has 0 N–H and O–H groups in total. The van der Waals surface area contributed by atoms with Gasteiger partial charge in [-0.1, -0.05) is 0 Å². The first kappa shape index (κ1) is 15.2. The Bertz CT molecular complexity index is 675. The molecule has 2 heteroatoms. The van der Waals surface area contributed by atoms with Gasteiger partial charge >= 0.3 is 0 Å². The fourth-order valence-electron chi connectivity index (χ4n) is 9.73. The average Bonchev–Trinajstić information content (AvgIpc) is 2.94. The molecule has 9 rings (SSSR count). The van der Waals surface area contributed by atoms with Crippen molar-refractivity contribution in [2.45, 2.75) is 76.0 Å². The largest absolute Gasteiger partial charge is 0.337 e. The Balaban J connectivity index is 1.23. The highest BCUT2D eigenvalue weighted by atomic mass is 15.1. The predicted octanol–water partition coefficient (Wildman–Crippen LogP) is 5.50. The summed E-state index contributed by atoms with van der Waals surface area (Å²) in [6, 6.07) is 0. The molecule has 8 aliphatic carbocycles. The number of hydrogen-bond donors (Lipinski definition) is 0. The van der Waals surface area contributed by atoms with Gasteiger partial charge in [-0.05, 0) is 112 Å². The molecule has 8 bridgehead atoms. The molecule has 2 nitrogen and oxygen atoms in total. The lowest BCUT2D eigenvalue weighted by atomic mass is 9.51. The number of hydrogen-bond acceptors (Lipinski definition) is 1. The van der Waals surface area contributed by atoms with Crippen LogP contribution < -0.4 is 0 Å². The summed E-state index contributed by atoms with van der Waals surface area (Å²) in [6.45, 7) is 0. The number of aryl methyl sites for hydroxylation is 1. The van der Waals surface area contributed by atoms with Gasteiger partial charge in [0.25, 0.3) is 0 Å². The molecular formula is C24H34N2. The van der Waals surface area contributed by atoms with E-state index in [9.17, 15) is 0 Å². The first-order valence-electron chi connectivity index (χ1n) is 11.7. The van der Waals surface area contributed by atoms with Crippen molar-refractivity contribution in [1.29, 1.82) is 0 Å². The first-order valence-corrected chi connectivity index (χ1v) is 11.7. The zero-order valence-electron chi connectivity index (χ0n) is 16.3. The van der Waals surface area contributed by atoms with Crippen LogP contribution in [0.3, 0.4) is 0 Å². The van der Waals surface area contributed by atoms with Crippen LogP contribution in [-0.4, -0.2) is 9.55 Å². The third-order valence-corrected chi connectivity index (χ3v) is 10.0. The minimum Gasteiger partial charge on any atom is -0.337 e. The maximum Gasteiger partial charge on any atom is 0.112 e. The lowest BCUT2D eigenvalue weighted by Gasteiger charge is -2.54. The molecule has 0 amide bonds. The van der Waals surface area contributed by atoms with E-state index in [-0.39, 0.29) is 0 Å². The Kier molecular flexibility index (Phi) is 3.02. The van der Waals surface area contributed by atoms with Gasteiger partial charge in [-0.2, -0.15) is 0 Å². The van der Waals surface area contributed by atoms with E-state index in [1.165, 1.54) is 62.9 Å². The van der Waals surface area contributed by atoms with E-state index >= 15 is 0 Å². The van der Waals surface area contributed by atoms with Gasteiger partial charge < -0.3 is 4.57 Å². The molecule has 1 heterocycles. The molecule has 1 aromatic heterocycles. The molecule has 0 spiro atoms. The lowest BCUT2D eigenvalue weighted by Crippen LogP contribution is -2.44. The number of rotatable bonds is 2. The number of imidazole rings is 1. The minimum absolute atomic E-state index is 0.790. The van der Waals surface area contributed by atoms with Crippen molar-refractivity contribution in [2.24, 2.45) is 54.4 Å². The quantitative estimate of drug-likeness (QED) is 0.688. The van der Waals surface area contributed by atoms with Gasteiger partial charge in [0.2, 0.25) is 0 Å². The Labute approximate surface area is 158 Å². The van der Waals surface area contributed by atoms with E-state index in [0.29, 0.717) is 0 Å². The fraction of sp³-hybridized carbons (Fsp3) is 0.875. The van der Waals surface area contributed by atoms with Crippen LogP contribution in [0, 0.1) is 47.3 Å². The standard InChI is InChI=1S/C24H34N2/c1-26-12-21(22-17-4-13-2-14(6-17)7-18(22)5-13)25-24(26)23-19-8-15-3-16(10-19)11-20(23)9-15/h12-20,22-23H,2-11H2,1H3. The summed E-state index contributed by atoms with van der Waals surface area (Å²) >= 11 is 0. The van der Waals surface area contributed by atoms with Crippen molar-refractivity contribution in [3.8, 4) is 0 Å². The van der Waals surface area contributed by atoms with E-state index in [4.69, 9.17) is 4.98 Å². The number of nitrogens with zero attached hydrogens (tertiary/aromatic N) is 2. The second-order valence-electron chi connectivity index (χ2n) is 11.5. The predicted molar refractivity (Wildman–Crippen MR) is 103 cm³/mol. The summed E-state index contributed by atoms with van der Waals surface area (Å²) in [5.74, 6) is 11.2. The molecule has 0 aromatic carbocycles. The summed E-state index contributed by atoms with van der Waals surface area (Å²) in [5.41, 5.74) is 1.50. The smallest absolute Gasteiger partial charge is 0.112 e. The van der Waals surface area contributed by atoms with Gasteiger partial charge in [-0.25, -0.2) is 4.98 Å². The van der Waals surface area contributed by atoms with Crippen LogP contribution in [0.5, 0.6) is 0 Å². The molecule has 140 valence electrons. The van der Waals surface area contributed by atoms with Crippen LogP contribution in [0.1, 0.15) is 87.6 Å². The van der Waals surface area contributed by atoms with Gasteiger partial charge in [-0.3, -0.25) is 0 Å². The van der Waals surface area contributed by atoms with Crippen LogP contribution >= 0.6 is 0 Å². The van der Waals surface area contributed by atoms with Crippen molar-refractivity contribution >= 4 is 0 Å². The van der Waals surface area contributed by atoms with Crippen LogP contribution in [0.2, 0.25) is 0 Å². The summed E-state index contributed by atoms with van der Waals surface area (Å²) in [6.07, 6.45) is 17.7. The second kappa shape index (κ2) is 5.17. The zero-order chi connectivity index (χ0) is 17.0. The van der Waals surface area contributed by atoms with E-state index in [1.807, 2.05) is 0 Å². The SMILES string of the molecule is Cn1cc(C2C3CC4CC(C3)CC2C4)nc1C1C2CC3CC(C2)CC1C3. The highest BCUT2D eigenvalue weighted by Gasteiger charge is 2.52. The number of aromatic nitrogens is 2. The Morgan fingerprint density at radius 2 is 1.08 bits per heavy atom. The highest BCUT2D eigenvalue weighted by molar-refractivity contribution is 5.21. The summed E-state index contributed by atoms with van der Waals surface area (Å²) in [7, 11) is 2.31. The molecule has 26 heavy (non-hydrogen) atoms. The van der Waals surface area contributed by atoms with E-state index in [2.05, 4.69) is 17.8 Å². The van der Waals surface area contributed by atoms with E-state index < -0.39 is 0 Å². The maximum absolute atomic E-state index is 5.46. The van der Waals surface area contributed by atoms with Crippen LogP contribution in [-0.2, 0) is 7.05 Å². The van der Waals surface area contributed by atoms with Crippen LogP contribution in [0.4, 0.5) is 0 Å². The van der Waals surface area contributed by atoms with Gasteiger partial charge in [0.05, 0.1) is 5.69 Å². The molecule has 8 saturated carbocycles. The van der Waals surface area contributed by atoms with Gasteiger partial charge in [0, 0.05) is 25.1 Å². The molecular weight excluding hydrogens is 316 g/mol. The molecule has 1 aromatic rings. The van der Waals surface area contributed by atoms with Crippen LogP contribution in [0.25, 0.3) is 0 Å². The second-order valence-corrected chi connectivity index (χ2v) is 11.5. The molecule has 8 aliphatic rings. The summed E-state index contributed by atoms with van der Waals surface area (Å²) in [4.78, 5) is 5.46. The van der Waals surface area contributed by atoms with Gasteiger partial charge in [-0.15, -0.1) is 0 Å². The maximum atomic E-state index is 5.46. The Morgan fingerprint density at radius 3 is 1.54 bits per heavy atom. The fourth-order valence-corrected chi connectivity index (χ4v) is 9.73. The lowest BCUT2D eigenvalue weighted by molar-refractivity contribution is -0.00799. The normalized spacial score (nSPS) is 53.6. The molecule has 0 atom stereocenters. The Morgan fingerprint density at radius 1 is 0.654 bits per heavy atom. The molecule has 0 saturated heterocycles. The van der Waals surface area contributed by atoms with Gasteiger partial charge in [0.1, 0.15) is 5.82 Å². The molecule has 0 unspecified atom stereocenters. The van der Waals surface area contributed by atoms with Crippen molar-refractivity contribution in [3.05, 3.63) is 17.7 Å². The Hall–Kier alpha value is -0.790. The van der Waals surface area contributed by atoms with Crippen molar-refractivity contribution in [3.63, 3.8) is 0 Å². The highest BCUT2D eigenvalue weighted by Crippen LogP contribution is 2.61. The topological polar surface area (TPSA) is 17.8 Å². The monoisotopic (exact) mass is 350 g/mol. The first-order chi connectivity index (χ1) is 12.7. The van der Waals surface area contributed by atoms with Gasteiger partial charge in [0.15, 0.2) is 0 Å². The van der Waals surface area contributed by atoms with E-state index in [1.54, 1.807) is 12.8 Å². The zero-order valence-corrected chi connectivity index (χ0v) is 16.3.